The van der Waals surface area contributed by atoms with E-state index in [2.05, 4.69) is 15.6 Å². The van der Waals surface area contributed by atoms with Gasteiger partial charge in [-0.15, -0.1) is 0 Å². The molecule has 2 aliphatic rings. The monoisotopic (exact) mass is 265 g/mol. The van der Waals surface area contributed by atoms with Crippen LogP contribution in [0.3, 0.4) is 0 Å². The standard InChI is InChI=1S/C13H16ClN3O/c1-7-4-9(6-15-12(7)14)17-13(18)10-5-8-2-3-11(10)16-8/h4,6,8,10-11,16H,2-3,5H2,1H3,(H,17,18). The van der Waals surface area contributed by atoms with Gasteiger partial charge in [0, 0.05) is 12.1 Å². The predicted molar refractivity (Wildman–Crippen MR) is 70.7 cm³/mol. The first-order chi connectivity index (χ1) is 8.63. The molecule has 96 valence electrons. The Morgan fingerprint density at radius 2 is 2.39 bits per heavy atom. The van der Waals surface area contributed by atoms with Gasteiger partial charge in [-0.2, -0.15) is 0 Å². The van der Waals surface area contributed by atoms with Crippen LogP contribution in [-0.2, 0) is 4.79 Å². The second kappa shape index (κ2) is 4.52. The van der Waals surface area contributed by atoms with Crippen molar-refractivity contribution in [3.05, 3.63) is 23.0 Å². The molecule has 2 fully saturated rings. The summed E-state index contributed by atoms with van der Waals surface area (Å²) in [6.45, 7) is 1.88. The maximum atomic E-state index is 12.2. The quantitative estimate of drug-likeness (QED) is 0.806. The highest BCUT2D eigenvalue weighted by Crippen LogP contribution is 2.33. The van der Waals surface area contributed by atoms with Crippen LogP contribution >= 0.6 is 11.6 Å². The maximum Gasteiger partial charge on any atom is 0.229 e. The van der Waals surface area contributed by atoms with Gasteiger partial charge in [0.2, 0.25) is 5.91 Å². The van der Waals surface area contributed by atoms with Crippen LogP contribution in [0.15, 0.2) is 12.3 Å². The first kappa shape index (κ1) is 11.9. The Kier molecular flexibility index (Phi) is 2.99. The number of nitrogens with zero attached hydrogens (tertiary/aromatic N) is 1. The third-order valence-electron chi connectivity index (χ3n) is 3.92. The van der Waals surface area contributed by atoms with Gasteiger partial charge in [-0.25, -0.2) is 4.98 Å². The van der Waals surface area contributed by atoms with E-state index in [0.717, 1.165) is 24.1 Å². The molecule has 3 atom stereocenters. The molecule has 2 N–H and O–H groups in total. The van der Waals surface area contributed by atoms with Crippen LogP contribution in [0, 0.1) is 12.8 Å². The van der Waals surface area contributed by atoms with E-state index < -0.39 is 0 Å². The van der Waals surface area contributed by atoms with Gasteiger partial charge >= 0.3 is 0 Å². The largest absolute Gasteiger partial charge is 0.324 e. The third-order valence-corrected chi connectivity index (χ3v) is 4.31. The lowest BCUT2D eigenvalue weighted by Crippen LogP contribution is -2.32. The molecule has 0 spiro atoms. The van der Waals surface area contributed by atoms with Gasteiger partial charge in [-0.05, 0) is 37.8 Å². The number of carbonyl (C=O) groups is 1. The van der Waals surface area contributed by atoms with E-state index in [4.69, 9.17) is 11.6 Å². The summed E-state index contributed by atoms with van der Waals surface area (Å²) in [7, 11) is 0. The van der Waals surface area contributed by atoms with E-state index >= 15 is 0 Å². The molecule has 3 heterocycles. The molecule has 0 radical (unpaired) electrons. The number of carbonyl (C=O) groups excluding carboxylic acids is 1. The van der Waals surface area contributed by atoms with Crippen LogP contribution in [0.1, 0.15) is 24.8 Å². The van der Waals surface area contributed by atoms with E-state index in [1.165, 1.54) is 6.42 Å². The molecular formula is C13H16ClN3O. The van der Waals surface area contributed by atoms with Gasteiger partial charge in [0.1, 0.15) is 5.15 Å². The number of hydrogen-bond acceptors (Lipinski definition) is 3. The summed E-state index contributed by atoms with van der Waals surface area (Å²) < 4.78 is 0. The fraction of sp³-hybridized carbons (Fsp3) is 0.538. The van der Waals surface area contributed by atoms with Crippen molar-refractivity contribution >= 4 is 23.2 Å². The Morgan fingerprint density at radius 3 is 3.00 bits per heavy atom. The zero-order valence-corrected chi connectivity index (χ0v) is 11.0. The zero-order chi connectivity index (χ0) is 12.7. The molecule has 2 saturated heterocycles. The number of pyridine rings is 1. The van der Waals surface area contributed by atoms with Gasteiger partial charge in [-0.3, -0.25) is 4.79 Å². The first-order valence-corrected chi connectivity index (χ1v) is 6.70. The Hall–Kier alpha value is -1.13. The highest BCUT2D eigenvalue weighted by atomic mass is 35.5. The lowest BCUT2D eigenvalue weighted by Gasteiger charge is -2.19. The minimum Gasteiger partial charge on any atom is -0.324 e. The lowest BCUT2D eigenvalue weighted by molar-refractivity contribution is -0.120. The minimum absolute atomic E-state index is 0.0956. The van der Waals surface area contributed by atoms with Crippen molar-refractivity contribution in [1.82, 2.24) is 10.3 Å². The second-order valence-electron chi connectivity index (χ2n) is 5.21. The van der Waals surface area contributed by atoms with Crippen LogP contribution in [0.4, 0.5) is 5.69 Å². The molecule has 3 unspecified atom stereocenters. The predicted octanol–water partition coefficient (Wildman–Crippen LogP) is 2.12. The average molecular weight is 266 g/mol. The Balaban J connectivity index is 1.69. The number of anilines is 1. The summed E-state index contributed by atoms with van der Waals surface area (Å²) in [6, 6.07) is 2.75. The Bertz CT molecular complexity index is 491. The third kappa shape index (κ3) is 2.10. The molecule has 0 aromatic carbocycles. The summed E-state index contributed by atoms with van der Waals surface area (Å²) >= 11 is 5.86. The smallest absolute Gasteiger partial charge is 0.229 e. The summed E-state index contributed by atoms with van der Waals surface area (Å²) in [6.07, 6.45) is 4.88. The molecule has 3 rings (SSSR count). The molecule has 0 saturated carbocycles. The lowest BCUT2D eigenvalue weighted by atomic mass is 9.88. The van der Waals surface area contributed by atoms with Gasteiger partial charge in [-0.1, -0.05) is 11.6 Å². The fourth-order valence-electron chi connectivity index (χ4n) is 2.98. The average Bonchev–Trinajstić information content (AvgIpc) is 2.96. The summed E-state index contributed by atoms with van der Waals surface area (Å²) in [5.74, 6) is 0.193. The molecular weight excluding hydrogens is 250 g/mol. The van der Waals surface area contributed by atoms with Crippen LogP contribution in [0.25, 0.3) is 0 Å². The number of hydrogen-bond donors (Lipinski definition) is 2. The fourth-order valence-corrected chi connectivity index (χ4v) is 3.08. The van der Waals surface area contributed by atoms with E-state index in [0.29, 0.717) is 17.2 Å². The maximum absolute atomic E-state index is 12.2. The number of fused-ring (bicyclic) bond motifs is 2. The number of rotatable bonds is 2. The summed E-state index contributed by atoms with van der Waals surface area (Å²) in [4.78, 5) is 16.2. The summed E-state index contributed by atoms with van der Waals surface area (Å²) in [5.41, 5.74) is 1.60. The highest BCUT2D eigenvalue weighted by molar-refractivity contribution is 6.30. The molecule has 2 aliphatic heterocycles. The molecule has 2 bridgehead atoms. The topological polar surface area (TPSA) is 54.0 Å². The van der Waals surface area contributed by atoms with Crippen molar-refractivity contribution in [3.8, 4) is 0 Å². The Labute approximate surface area is 111 Å². The van der Waals surface area contributed by atoms with Crippen molar-refractivity contribution in [1.29, 1.82) is 0 Å². The van der Waals surface area contributed by atoms with Gasteiger partial charge in [0.25, 0.3) is 0 Å². The van der Waals surface area contributed by atoms with E-state index in [9.17, 15) is 4.79 Å². The molecule has 18 heavy (non-hydrogen) atoms. The van der Waals surface area contributed by atoms with E-state index in [1.54, 1.807) is 6.20 Å². The zero-order valence-electron chi connectivity index (χ0n) is 10.2. The SMILES string of the molecule is Cc1cc(NC(=O)C2CC3CCC2N3)cnc1Cl. The van der Waals surface area contributed by atoms with E-state index in [-0.39, 0.29) is 11.8 Å². The van der Waals surface area contributed by atoms with Crippen molar-refractivity contribution in [2.45, 2.75) is 38.3 Å². The number of aromatic nitrogens is 1. The highest BCUT2D eigenvalue weighted by Gasteiger charge is 2.42. The normalized spacial score (nSPS) is 29.6. The number of amides is 1. The Morgan fingerprint density at radius 1 is 1.56 bits per heavy atom. The van der Waals surface area contributed by atoms with Crippen molar-refractivity contribution in [2.24, 2.45) is 5.92 Å². The van der Waals surface area contributed by atoms with E-state index in [1.807, 2.05) is 13.0 Å². The van der Waals surface area contributed by atoms with Crippen molar-refractivity contribution < 1.29 is 4.79 Å². The molecule has 1 aromatic heterocycles. The van der Waals surface area contributed by atoms with Crippen LogP contribution in [0.5, 0.6) is 0 Å². The molecule has 5 heteroatoms. The molecule has 1 amide bonds. The second-order valence-corrected chi connectivity index (χ2v) is 5.57. The van der Waals surface area contributed by atoms with Crippen LogP contribution < -0.4 is 10.6 Å². The first-order valence-electron chi connectivity index (χ1n) is 6.32. The van der Waals surface area contributed by atoms with Crippen LogP contribution in [-0.4, -0.2) is 23.0 Å². The molecule has 1 aromatic rings. The van der Waals surface area contributed by atoms with Crippen molar-refractivity contribution in [2.75, 3.05) is 5.32 Å². The van der Waals surface area contributed by atoms with Gasteiger partial charge in [0.15, 0.2) is 0 Å². The van der Waals surface area contributed by atoms with Gasteiger partial charge in [0.05, 0.1) is 17.8 Å². The number of nitrogens with one attached hydrogen (secondary N) is 2. The summed E-state index contributed by atoms with van der Waals surface area (Å²) in [5, 5.41) is 6.89. The van der Waals surface area contributed by atoms with Crippen molar-refractivity contribution in [3.63, 3.8) is 0 Å². The molecule has 4 nitrogen and oxygen atoms in total. The minimum atomic E-state index is 0.0956. The van der Waals surface area contributed by atoms with Gasteiger partial charge < -0.3 is 10.6 Å². The number of aryl methyl sites for hydroxylation is 1. The number of halogens is 1. The molecule has 0 aliphatic carbocycles. The van der Waals surface area contributed by atoms with Crippen LogP contribution in [0.2, 0.25) is 5.15 Å².